The fourth-order valence-electron chi connectivity index (χ4n) is 2.31. The zero-order valence-electron chi connectivity index (χ0n) is 15.8. The Morgan fingerprint density at radius 3 is 2.16 bits per heavy atom. The highest BCUT2D eigenvalue weighted by atomic mass is 79.9. The first kappa shape index (κ1) is 22.2. The third-order valence-corrected chi connectivity index (χ3v) is 4.64. The first-order valence-electron chi connectivity index (χ1n) is 8.88. The van der Waals surface area contributed by atoms with Crippen LogP contribution in [-0.4, -0.2) is 24.0 Å². The van der Waals surface area contributed by atoms with E-state index < -0.39 is 17.8 Å². The van der Waals surface area contributed by atoms with E-state index in [4.69, 9.17) is 16.3 Å². The molecule has 9 heteroatoms. The highest BCUT2D eigenvalue weighted by Gasteiger charge is 2.12. The molecule has 2 N–H and O–H groups in total. The van der Waals surface area contributed by atoms with E-state index in [1.165, 1.54) is 6.21 Å². The maximum atomic E-state index is 12.1. The largest absolute Gasteiger partial charge is 0.423 e. The third kappa shape index (κ3) is 6.77. The van der Waals surface area contributed by atoms with Crippen molar-refractivity contribution in [3.8, 4) is 5.75 Å². The van der Waals surface area contributed by atoms with Crippen LogP contribution in [-0.2, 0) is 9.59 Å². The second-order valence-electron chi connectivity index (χ2n) is 6.13. The minimum Gasteiger partial charge on any atom is -0.423 e. The van der Waals surface area contributed by atoms with Gasteiger partial charge in [0.2, 0.25) is 0 Å². The van der Waals surface area contributed by atoms with Gasteiger partial charge in [-0.1, -0.05) is 27.5 Å². The number of carbonyl (C=O) groups excluding carboxylic acids is 3. The molecular weight excluding hydrogens is 486 g/mol. The third-order valence-electron chi connectivity index (χ3n) is 3.86. The molecular formula is C22H15BrClN3O4. The number of benzene rings is 3. The minimum absolute atomic E-state index is 0.343. The summed E-state index contributed by atoms with van der Waals surface area (Å²) in [5.74, 6) is -1.92. The molecule has 2 amide bonds. The minimum atomic E-state index is -0.910. The molecule has 3 rings (SSSR count). The molecule has 156 valence electrons. The van der Waals surface area contributed by atoms with Gasteiger partial charge in [-0.2, -0.15) is 5.10 Å². The van der Waals surface area contributed by atoms with Crippen LogP contribution in [0.25, 0.3) is 0 Å². The smallest absolute Gasteiger partial charge is 0.343 e. The molecule has 0 unspecified atom stereocenters. The molecule has 3 aromatic rings. The summed E-state index contributed by atoms with van der Waals surface area (Å²) in [6, 6.07) is 19.6. The van der Waals surface area contributed by atoms with Crippen LogP contribution in [0.3, 0.4) is 0 Å². The molecule has 0 spiro atoms. The topological polar surface area (TPSA) is 96.9 Å². The number of rotatable bonds is 5. The first-order chi connectivity index (χ1) is 14.9. The number of hydrogen-bond donors (Lipinski definition) is 2. The maximum Gasteiger partial charge on any atom is 0.343 e. The quantitative estimate of drug-likeness (QED) is 0.178. The second-order valence-corrected chi connectivity index (χ2v) is 7.48. The average molecular weight is 501 g/mol. The number of halogens is 2. The maximum absolute atomic E-state index is 12.1. The molecule has 0 heterocycles. The fourth-order valence-corrected chi connectivity index (χ4v) is 2.70. The Kier molecular flexibility index (Phi) is 7.53. The van der Waals surface area contributed by atoms with Crippen LogP contribution >= 0.6 is 27.5 Å². The van der Waals surface area contributed by atoms with Gasteiger partial charge in [-0.15, -0.1) is 0 Å². The van der Waals surface area contributed by atoms with Crippen molar-refractivity contribution in [2.24, 2.45) is 5.10 Å². The predicted molar refractivity (Wildman–Crippen MR) is 121 cm³/mol. The van der Waals surface area contributed by atoms with E-state index in [2.05, 4.69) is 31.8 Å². The molecule has 0 aliphatic carbocycles. The lowest BCUT2D eigenvalue weighted by atomic mass is 10.2. The van der Waals surface area contributed by atoms with Crippen molar-refractivity contribution in [3.05, 3.63) is 93.4 Å². The van der Waals surface area contributed by atoms with Gasteiger partial charge in [0, 0.05) is 15.2 Å². The molecule has 0 fully saturated rings. The van der Waals surface area contributed by atoms with E-state index in [0.717, 1.165) is 4.47 Å². The van der Waals surface area contributed by atoms with Crippen LogP contribution in [0.4, 0.5) is 5.69 Å². The normalized spacial score (nSPS) is 10.5. The van der Waals surface area contributed by atoms with Crippen LogP contribution in [0.2, 0.25) is 5.02 Å². The monoisotopic (exact) mass is 499 g/mol. The number of nitrogens with zero attached hydrogens (tertiary/aromatic N) is 1. The van der Waals surface area contributed by atoms with Crippen molar-refractivity contribution < 1.29 is 19.1 Å². The summed E-state index contributed by atoms with van der Waals surface area (Å²) in [5.41, 5.74) is 3.63. The van der Waals surface area contributed by atoms with Crippen molar-refractivity contribution in [1.82, 2.24) is 5.43 Å². The lowest BCUT2D eigenvalue weighted by Crippen LogP contribution is -2.32. The van der Waals surface area contributed by atoms with E-state index in [-0.39, 0.29) is 0 Å². The molecule has 0 atom stereocenters. The standard InChI is InChI=1S/C22H15BrClN3O4/c23-16-5-9-18(10-6-16)26-20(28)21(29)27-25-13-14-1-11-19(12-2-14)31-22(30)15-3-7-17(24)8-4-15/h1-13H,(H,26,28)(H,27,29)/b25-13-. The predicted octanol–water partition coefficient (Wildman–Crippen LogP) is 4.41. The van der Waals surface area contributed by atoms with E-state index in [0.29, 0.717) is 27.6 Å². The number of ether oxygens (including phenoxy) is 1. The van der Waals surface area contributed by atoms with Gasteiger partial charge in [0.05, 0.1) is 11.8 Å². The highest BCUT2D eigenvalue weighted by molar-refractivity contribution is 9.10. The van der Waals surface area contributed by atoms with E-state index >= 15 is 0 Å². The van der Waals surface area contributed by atoms with Gasteiger partial charge in [0.1, 0.15) is 5.75 Å². The molecule has 0 aliphatic rings. The van der Waals surface area contributed by atoms with Crippen LogP contribution in [0.1, 0.15) is 15.9 Å². The summed E-state index contributed by atoms with van der Waals surface area (Å²) in [6.45, 7) is 0. The van der Waals surface area contributed by atoms with Gasteiger partial charge < -0.3 is 10.1 Å². The Balaban J connectivity index is 1.50. The molecule has 0 radical (unpaired) electrons. The lowest BCUT2D eigenvalue weighted by Gasteiger charge is -2.05. The average Bonchev–Trinajstić information content (AvgIpc) is 2.77. The molecule has 31 heavy (non-hydrogen) atoms. The van der Waals surface area contributed by atoms with Crippen molar-refractivity contribution in [2.45, 2.75) is 0 Å². The Morgan fingerprint density at radius 2 is 1.52 bits per heavy atom. The molecule has 0 saturated carbocycles. The molecule has 0 bridgehead atoms. The van der Waals surface area contributed by atoms with Gasteiger partial charge in [0.25, 0.3) is 0 Å². The first-order valence-corrected chi connectivity index (χ1v) is 10.1. The summed E-state index contributed by atoms with van der Waals surface area (Å²) >= 11 is 9.09. The highest BCUT2D eigenvalue weighted by Crippen LogP contribution is 2.16. The number of amides is 2. The molecule has 7 nitrogen and oxygen atoms in total. The van der Waals surface area contributed by atoms with Crippen molar-refractivity contribution >= 4 is 57.2 Å². The Bertz CT molecular complexity index is 1120. The SMILES string of the molecule is O=C(N/N=C\c1ccc(OC(=O)c2ccc(Cl)cc2)cc1)C(=O)Nc1ccc(Br)cc1. The zero-order valence-corrected chi connectivity index (χ0v) is 18.2. The van der Waals surface area contributed by atoms with Crippen LogP contribution in [0.15, 0.2) is 82.4 Å². The van der Waals surface area contributed by atoms with Crippen molar-refractivity contribution in [1.29, 1.82) is 0 Å². The van der Waals surface area contributed by atoms with Crippen molar-refractivity contribution in [3.63, 3.8) is 0 Å². The summed E-state index contributed by atoms with van der Waals surface area (Å²) in [7, 11) is 0. The number of anilines is 1. The summed E-state index contributed by atoms with van der Waals surface area (Å²) in [4.78, 5) is 35.8. The molecule has 0 saturated heterocycles. The number of nitrogens with one attached hydrogen (secondary N) is 2. The Morgan fingerprint density at radius 1 is 0.871 bits per heavy atom. The van der Waals surface area contributed by atoms with Gasteiger partial charge in [-0.05, 0) is 78.4 Å². The van der Waals surface area contributed by atoms with Crippen LogP contribution in [0.5, 0.6) is 5.75 Å². The fraction of sp³-hybridized carbons (Fsp3) is 0. The Hall–Kier alpha value is -3.49. The number of hydrazone groups is 1. The molecule has 3 aromatic carbocycles. The Labute approximate surface area is 191 Å². The van der Waals surface area contributed by atoms with E-state index in [1.54, 1.807) is 72.8 Å². The number of hydrogen-bond acceptors (Lipinski definition) is 5. The second kappa shape index (κ2) is 10.5. The zero-order chi connectivity index (χ0) is 22.2. The van der Waals surface area contributed by atoms with Gasteiger partial charge >= 0.3 is 17.8 Å². The lowest BCUT2D eigenvalue weighted by molar-refractivity contribution is -0.136. The summed E-state index contributed by atoms with van der Waals surface area (Å²) < 4.78 is 6.13. The molecule has 0 aromatic heterocycles. The summed E-state index contributed by atoms with van der Waals surface area (Å²) in [6.07, 6.45) is 1.36. The van der Waals surface area contributed by atoms with Crippen molar-refractivity contribution in [2.75, 3.05) is 5.32 Å². The number of carbonyl (C=O) groups is 3. The van der Waals surface area contributed by atoms with E-state index in [1.807, 2.05) is 0 Å². The molecule has 0 aliphatic heterocycles. The van der Waals surface area contributed by atoms with Crippen LogP contribution in [0, 0.1) is 0 Å². The summed E-state index contributed by atoms with van der Waals surface area (Å²) in [5, 5.41) is 6.74. The van der Waals surface area contributed by atoms with E-state index in [9.17, 15) is 14.4 Å². The van der Waals surface area contributed by atoms with Gasteiger partial charge in [-0.3, -0.25) is 9.59 Å². The van der Waals surface area contributed by atoms with Crippen LogP contribution < -0.4 is 15.5 Å². The van der Waals surface area contributed by atoms with Gasteiger partial charge in [0.15, 0.2) is 0 Å². The van der Waals surface area contributed by atoms with Gasteiger partial charge in [-0.25, -0.2) is 10.2 Å². The number of esters is 1.